The second kappa shape index (κ2) is 4.37. The second-order valence-corrected chi connectivity index (χ2v) is 4.69. The van der Waals surface area contributed by atoms with Gasteiger partial charge in [0.15, 0.2) is 0 Å². The number of likely N-dealkylation sites (N-methyl/N-ethyl adjacent to an activating group) is 1. The molecule has 1 fully saturated rings. The van der Waals surface area contributed by atoms with Crippen molar-refractivity contribution in [2.75, 3.05) is 25.9 Å². The predicted molar refractivity (Wildman–Crippen MR) is 65.7 cm³/mol. The highest BCUT2D eigenvalue weighted by Gasteiger charge is 2.24. The first-order chi connectivity index (χ1) is 7.99. The van der Waals surface area contributed by atoms with Crippen molar-refractivity contribution >= 4 is 11.6 Å². The van der Waals surface area contributed by atoms with Crippen LogP contribution in [0.3, 0.4) is 0 Å². The van der Waals surface area contributed by atoms with Crippen molar-refractivity contribution in [3.05, 3.63) is 11.4 Å². The van der Waals surface area contributed by atoms with Gasteiger partial charge in [0.1, 0.15) is 5.69 Å². The quantitative estimate of drug-likeness (QED) is 0.743. The van der Waals surface area contributed by atoms with E-state index < -0.39 is 0 Å². The van der Waals surface area contributed by atoms with E-state index in [0.717, 1.165) is 19.5 Å². The Morgan fingerprint density at radius 1 is 1.53 bits per heavy atom. The zero-order valence-corrected chi connectivity index (χ0v) is 10.5. The average molecular weight is 237 g/mol. The molecule has 0 saturated carbocycles. The van der Waals surface area contributed by atoms with Gasteiger partial charge in [-0.3, -0.25) is 9.48 Å². The number of amides is 1. The fraction of sp³-hybridized carbons (Fsp3) is 0.636. The fourth-order valence-corrected chi connectivity index (χ4v) is 2.25. The van der Waals surface area contributed by atoms with Gasteiger partial charge in [0.2, 0.25) is 0 Å². The fourth-order valence-electron chi connectivity index (χ4n) is 2.25. The molecule has 17 heavy (non-hydrogen) atoms. The number of carbonyl (C=O) groups excluding carboxylic acids is 1. The number of hydrogen-bond donors (Lipinski definition) is 2. The van der Waals surface area contributed by atoms with Crippen molar-refractivity contribution in [2.24, 2.45) is 7.05 Å². The van der Waals surface area contributed by atoms with Crippen molar-refractivity contribution in [3.8, 4) is 0 Å². The molecule has 1 saturated heterocycles. The van der Waals surface area contributed by atoms with E-state index in [2.05, 4.69) is 22.4 Å². The van der Waals surface area contributed by atoms with Crippen molar-refractivity contribution in [1.82, 2.24) is 20.0 Å². The SMILES string of the molecule is Cc1nn(C)c(C(=O)NC2CCN(C)C2)c1N. The van der Waals surface area contributed by atoms with E-state index in [1.54, 1.807) is 18.7 Å². The molecule has 94 valence electrons. The monoisotopic (exact) mass is 237 g/mol. The van der Waals surface area contributed by atoms with Gasteiger partial charge in [0.05, 0.1) is 11.4 Å². The Balaban J connectivity index is 2.09. The van der Waals surface area contributed by atoms with Crippen LogP contribution in [0.15, 0.2) is 0 Å². The Morgan fingerprint density at radius 2 is 2.24 bits per heavy atom. The molecule has 2 rings (SSSR count). The maximum absolute atomic E-state index is 12.1. The minimum Gasteiger partial charge on any atom is -0.395 e. The molecule has 1 atom stereocenters. The van der Waals surface area contributed by atoms with Gasteiger partial charge in [0, 0.05) is 19.6 Å². The number of aromatic nitrogens is 2. The molecular weight excluding hydrogens is 218 g/mol. The average Bonchev–Trinajstić information content (AvgIpc) is 2.73. The van der Waals surface area contributed by atoms with Crippen LogP contribution in [0.1, 0.15) is 22.6 Å². The summed E-state index contributed by atoms with van der Waals surface area (Å²) >= 11 is 0. The number of hydrogen-bond acceptors (Lipinski definition) is 4. The van der Waals surface area contributed by atoms with Crippen LogP contribution in [0.2, 0.25) is 0 Å². The molecule has 1 aliphatic rings. The molecule has 1 aromatic heterocycles. The smallest absolute Gasteiger partial charge is 0.271 e. The van der Waals surface area contributed by atoms with Gasteiger partial charge in [-0.15, -0.1) is 0 Å². The van der Waals surface area contributed by atoms with Crippen LogP contribution >= 0.6 is 0 Å². The molecule has 6 heteroatoms. The third-order valence-electron chi connectivity index (χ3n) is 3.21. The lowest BCUT2D eigenvalue weighted by molar-refractivity contribution is 0.0930. The summed E-state index contributed by atoms with van der Waals surface area (Å²) in [7, 11) is 3.79. The summed E-state index contributed by atoms with van der Waals surface area (Å²) in [5, 5.41) is 7.14. The number of nitrogen functional groups attached to an aromatic ring is 1. The Hall–Kier alpha value is -1.56. The molecule has 1 unspecified atom stereocenters. The number of nitrogens with one attached hydrogen (secondary N) is 1. The van der Waals surface area contributed by atoms with Crippen LogP contribution in [0, 0.1) is 6.92 Å². The van der Waals surface area contributed by atoms with Gasteiger partial charge in [-0.25, -0.2) is 0 Å². The molecule has 0 aromatic carbocycles. The van der Waals surface area contributed by atoms with Crippen LogP contribution in [0.5, 0.6) is 0 Å². The van der Waals surface area contributed by atoms with E-state index in [0.29, 0.717) is 17.1 Å². The molecule has 0 radical (unpaired) electrons. The van der Waals surface area contributed by atoms with Gasteiger partial charge >= 0.3 is 0 Å². The number of carbonyl (C=O) groups is 1. The zero-order valence-electron chi connectivity index (χ0n) is 10.5. The maximum atomic E-state index is 12.1. The van der Waals surface area contributed by atoms with Crippen LogP contribution in [0.25, 0.3) is 0 Å². The minimum atomic E-state index is -0.133. The van der Waals surface area contributed by atoms with Crippen LogP contribution in [0.4, 0.5) is 5.69 Å². The first kappa shape index (κ1) is 11.9. The molecule has 1 aliphatic heterocycles. The van der Waals surface area contributed by atoms with Gasteiger partial charge in [-0.05, 0) is 26.9 Å². The standard InChI is InChI=1S/C11H19N5O/c1-7-9(12)10(16(3)14-7)11(17)13-8-4-5-15(2)6-8/h8H,4-6,12H2,1-3H3,(H,13,17). The number of likely N-dealkylation sites (tertiary alicyclic amines) is 1. The van der Waals surface area contributed by atoms with E-state index >= 15 is 0 Å². The highest BCUT2D eigenvalue weighted by atomic mass is 16.2. The molecule has 1 amide bonds. The van der Waals surface area contributed by atoms with E-state index in [1.165, 1.54) is 0 Å². The van der Waals surface area contributed by atoms with E-state index in [1.807, 2.05) is 0 Å². The summed E-state index contributed by atoms with van der Waals surface area (Å²) < 4.78 is 1.54. The zero-order chi connectivity index (χ0) is 12.6. The normalized spacial score (nSPS) is 20.8. The summed E-state index contributed by atoms with van der Waals surface area (Å²) in [5.41, 5.74) is 7.47. The Bertz CT molecular complexity index is 439. The Labute approximate surface area is 101 Å². The van der Waals surface area contributed by atoms with Crippen molar-refractivity contribution in [3.63, 3.8) is 0 Å². The molecule has 0 bridgehead atoms. The third-order valence-corrected chi connectivity index (χ3v) is 3.21. The lowest BCUT2D eigenvalue weighted by atomic mass is 10.2. The van der Waals surface area contributed by atoms with Crippen LogP contribution < -0.4 is 11.1 Å². The largest absolute Gasteiger partial charge is 0.395 e. The molecular formula is C11H19N5O. The third kappa shape index (κ3) is 2.26. The topological polar surface area (TPSA) is 76.2 Å². The maximum Gasteiger partial charge on any atom is 0.271 e. The number of rotatable bonds is 2. The lowest BCUT2D eigenvalue weighted by Gasteiger charge is -2.13. The predicted octanol–water partition coefficient (Wildman–Crippen LogP) is -0.255. The lowest BCUT2D eigenvalue weighted by Crippen LogP contribution is -2.37. The number of nitrogens with two attached hydrogens (primary N) is 1. The van der Waals surface area contributed by atoms with Crippen molar-refractivity contribution in [2.45, 2.75) is 19.4 Å². The van der Waals surface area contributed by atoms with Gasteiger partial charge in [0.25, 0.3) is 5.91 Å². The molecule has 0 aliphatic carbocycles. The van der Waals surface area contributed by atoms with Crippen molar-refractivity contribution in [1.29, 1.82) is 0 Å². The van der Waals surface area contributed by atoms with Crippen molar-refractivity contribution < 1.29 is 4.79 Å². The molecule has 1 aromatic rings. The van der Waals surface area contributed by atoms with E-state index in [9.17, 15) is 4.79 Å². The summed E-state index contributed by atoms with van der Waals surface area (Å²) in [6.07, 6.45) is 0.985. The second-order valence-electron chi connectivity index (χ2n) is 4.69. The van der Waals surface area contributed by atoms with Gasteiger partial charge in [-0.1, -0.05) is 0 Å². The Kier molecular flexibility index (Phi) is 3.06. The number of nitrogens with zero attached hydrogens (tertiary/aromatic N) is 3. The summed E-state index contributed by atoms with van der Waals surface area (Å²) in [5.74, 6) is -0.133. The van der Waals surface area contributed by atoms with E-state index in [-0.39, 0.29) is 11.9 Å². The molecule has 2 heterocycles. The first-order valence-electron chi connectivity index (χ1n) is 5.77. The highest BCUT2D eigenvalue weighted by Crippen LogP contribution is 2.16. The minimum absolute atomic E-state index is 0.133. The van der Waals surface area contributed by atoms with Gasteiger partial charge in [-0.2, -0.15) is 5.10 Å². The summed E-state index contributed by atoms with van der Waals surface area (Å²) in [4.78, 5) is 14.3. The van der Waals surface area contributed by atoms with Gasteiger partial charge < -0.3 is 16.0 Å². The molecule has 0 spiro atoms. The molecule has 6 nitrogen and oxygen atoms in total. The van der Waals surface area contributed by atoms with Crippen LogP contribution in [-0.2, 0) is 7.05 Å². The first-order valence-corrected chi connectivity index (χ1v) is 5.77. The summed E-state index contributed by atoms with van der Waals surface area (Å²) in [6, 6.07) is 0.210. The van der Waals surface area contributed by atoms with E-state index in [4.69, 9.17) is 5.73 Å². The number of aryl methyl sites for hydroxylation is 2. The number of anilines is 1. The highest BCUT2D eigenvalue weighted by molar-refractivity contribution is 5.98. The Morgan fingerprint density at radius 3 is 2.71 bits per heavy atom. The van der Waals surface area contributed by atoms with Crippen LogP contribution in [-0.4, -0.2) is 46.8 Å². The summed E-state index contributed by atoms with van der Waals surface area (Å²) in [6.45, 7) is 3.71. The molecule has 3 N–H and O–H groups in total.